The van der Waals surface area contributed by atoms with E-state index in [4.69, 9.17) is 4.74 Å². The highest BCUT2D eigenvalue weighted by Gasteiger charge is 2.06. The molecular formula is C10H20N2OS2. The molecule has 1 rings (SSSR count). The summed E-state index contributed by atoms with van der Waals surface area (Å²) in [6.45, 7) is 2.13. The zero-order chi connectivity index (χ0) is 10.9. The van der Waals surface area contributed by atoms with Gasteiger partial charge in [0.05, 0.1) is 12.0 Å². The van der Waals surface area contributed by atoms with Gasteiger partial charge in [0.25, 0.3) is 0 Å². The molecule has 0 aromatic heterocycles. The lowest BCUT2D eigenvalue weighted by Gasteiger charge is -2.08. The van der Waals surface area contributed by atoms with Gasteiger partial charge in [0.1, 0.15) is 0 Å². The third-order valence-corrected chi connectivity index (χ3v) is 4.46. The number of rotatable bonds is 7. The van der Waals surface area contributed by atoms with Crippen LogP contribution < -0.4 is 5.43 Å². The first-order chi connectivity index (χ1) is 7.33. The Labute approximate surface area is 101 Å². The van der Waals surface area contributed by atoms with Crippen molar-refractivity contribution < 1.29 is 4.74 Å². The van der Waals surface area contributed by atoms with Gasteiger partial charge in [-0.3, -0.25) is 5.43 Å². The number of nitrogens with zero attached hydrogens (tertiary/aromatic N) is 1. The fraction of sp³-hybridized carbons (Fsp3) is 0.900. The van der Waals surface area contributed by atoms with Gasteiger partial charge in [-0.25, -0.2) is 0 Å². The van der Waals surface area contributed by atoms with E-state index < -0.39 is 0 Å². The molecule has 0 fully saturated rings. The number of methoxy groups -OCH3 is 1. The van der Waals surface area contributed by atoms with Crippen LogP contribution in [0.5, 0.6) is 0 Å². The van der Waals surface area contributed by atoms with Crippen molar-refractivity contribution in [2.75, 3.05) is 18.7 Å². The van der Waals surface area contributed by atoms with E-state index in [0.717, 1.165) is 5.88 Å². The van der Waals surface area contributed by atoms with Crippen LogP contribution in [-0.4, -0.2) is 29.2 Å². The van der Waals surface area contributed by atoms with Crippen molar-refractivity contribution in [3.63, 3.8) is 0 Å². The Morgan fingerprint density at radius 2 is 2.40 bits per heavy atom. The summed E-state index contributed by atoms with van der Waals surface area (Å²) in [7, 11) is 1.78. The molecule has 0 spiro atoms. The van der Waals surface area contributed by atoms with E-state index in [1.165, 1.54) is 35.8 Å². The molecule has 1 atom stereocenters. The van der Waals surface area contributed by atoms with Gasteiger partial charge in [0.2, 0.25) is 0 Å². The van der Waals surface area contributed by atoms with Crippen LogP contribution in [0, 0.1) is 0 Å². The molecule has 5 heteroatoms. The standard InChI is InChI=1S/C10H20N2OS2/c1-9(13-2)6-4-3-5-7-14-10-12-11-8-15-10/h9,11H,3-8H2,1-2H3. The molecular weight excluding hydrogens is 228 g/mol. The number of hydrogen-bond acceptors (Lipinski definition) is 5. The van der Waals surface area contributed by atoms with Gasteiger partial charge in [-0.15, -0.1) is 0 Å². The third-order valence-electron chi connectivity index (χ3n) is 2.31. The van der Waals surface area contributed by atoms with Gasteiger partial charge in [-0.05, 0) is 19.8 Å². The van der Waals surface area contributed by atoms with Gasteiger partial charge in [-0.1, -0.05) is 36.4 Å². The second-order valence-electron chi connectivity index (χ2n) is 3.57. The lowest BCUT2D eigenvalue weighted by Crippen LogP contribution is -2.03. The molecule has 0 saturated heterocycles. The molecule has 0 radical (unpaired) electrons. The Balaban J connectivity index is 1.84. The summed E-state index contributed by atoms with van der Waals surface area (Å²) in [6, 6.07) is 0. The molecule has 1 aliphatic heterocycles. The summed E-state index contributed by atoms with van der Waals surface area (Å²) in [4.78, 5) is 0. The first-order valence-electron chi connectivity index (χ1n) is 5.42. The number of hydrazone groups is 1. The summed E-state index contributed by atoms with van der Waals surface area (Å²) in [5, 5.41) is 4.17. The van der Waals surface area contributed by atoms with Crippen LogP contribution in [0.3, 0.4) is 0 Å². The van der Waals surface area contributed by atoms with Crippen molar-refractivity contribution in [2.24, 2.45) is 5.10 Å². The normalized spacial score (nSPS) is 17.3. The number of nitrogens with one attached hydrogen (secondary N) is 1. The predicted octanol–water partition coefficient (Wildman–Crippen LogP) is 2.88. The molecule has 1 aliphatic rings. The van der Waals surface area contributed by atoms with Crippen molar-refractivity contribution in [1.82, 2.24) is 5.43 Å². The van der Waals surface area contributed by atoms with Crippen molar-refractivity contribution >= 4 is 27.9 Å². The van der Waals surface area contributed by atoms with Crippen LogP contribution in [0.1, 0.15) is 32.6 Å². The second kappa shape index (κ2) is 8.30. The monoisotopic (exact) mass is 248 g/mol. The van der Waals surface area contributed by atoms with Crippen LogP contribution in [0.25, 0.3) is 0 Å². The summed E-state index contributed by atoms with van der Waals surface area (Å²) >= 11 is 3.66. The lowest BCUT2D eigenvalue weighted by atomic mass is 10.1. The van der Waals surface area contributed by atoms with Crippen molar-refractivity contribution in [3.05, 3.63) is 0 Å². The highest BCUT2D eigenvalue weighted by atomic mass is 32.2. The van der Waals surface area contributed by atoms with E-state index in [0.29, 0.717) is 6.10 Å². The summed E-state index contributed by atoms with van der Waals surface area (Å²) in [6.07, 6.45) is 5.44. The third kappa shape index (κ3) is 6.33. The van der Waals surface area contributed by atoms with Crippen molar-refractivity contribution in [3.8, 4) is 0 Å². The summed E-state index contributed by atoms with van der Waals surface area (Å²) < 4.78 is 6.40. The van der Waals surface area contributed by atoms with Gasteiger partial charge in [-0.2, -0.15) is 5.10 Å². The Morgan fingerprint density at radius 1 is 1.53 bits per heavy atom. The minimum atomic E-state index is 0.414. The molecule has 0 bridgehead atoms. The zero-order valence-electron chi connectivity index (χ0n) is 9.49. The average molecular weight is 248 g/mol. The minimum absolute atomic E-state index is 0.414. The average Bonchev–Trinajstić information content (AvgIpc) is 2.75. The molecule has 0 aromatic rings. The molecule has 0 aromatic carbocycles. The molecule has 0 amide bonds. The first-order valence-corrected chi connectivity index (χ1v) is 7.39. The number of hydrogen-bond donors (Lipinski definition) is 1. The van der Waals surface area contributed by atoms with Gasteiger partial charge in [0, 0.05) is 12.9 Å². The Bertz CT molecular complexity index is 200. The van der Waals surface area contributed by atoms with E-state index in [9.17, 15) is 0 Å². The number of unbranched alkanes of at least 4 members (excludes halogenated alkanes) is 2. The summed E-state index contributed by atoms with van der Waals surface area (Å²) in [5.41, 5.74) is 2.96. The molecule has 3 nitrogen and oxygen atoms in total. The van der Waals surface area contributed by atoms with Crippen LogP contribution in [-0.2, 0) is 4.74 Å². The van der Waals surface area contributed by atoms with Crippen LogP contribution in [0.2, 0.25) is 0 Å². The zero-order valence-corrected chi connectivity index (χ0v) is 11.1. The van der Waals surface area contributed by atoms with E-state index in [-0.39, 0.29) is 0 Å². The Morgan fingerprint density at radius 3 is 3.07 bits per heavy atom. The highest BCUT2D eigenvalue weighted by molar-refractivity contribution is 8.39. The molecule has 88 valence electrons. The molecule has 0 saturated carbocycles. The van der Waals surface area contributed by atoms with Crippen molar-refractivity contribution in [2.45, 2.75) is 38.7 Å². The van der Waals surface area contributed by atoms with E-state index >= 15 is 0 Å². The highest BCUT2D eigenvalue weighted by Crippen LogP contribution is 2.21. The molecule has 1 heterocycles. The van der Waals surface area contributed by atoms with Gasteiger partial charge >= 0.3 is 0 Å². The Kier molecular flexibility index (Phi) is 7.30. The van der Waals surface area contributed by atoms with Gasteiger partial charge < -0.3 is 4.74 Å². The predicted molar refractivity (Wildman–Crippen MR) is 70.4 cm³/mol. The maximum atomic E-state index is 5.20. The fourth-order valence-electron chi connectivity index (χ4n) is 1.29. The van der Waals surface area contributed by atoms with E-state index in [1.807, 2.05) is 11.8 Å². The van der Waals surface area contributed by atoms with Gasteiger partial charge in [0.15, 0.2) is 4.38 Å². The van der Waals surface area contributed by atoms with Crippen LogP contribution >= 0.6 is 23.5 Å². The minimum Gasteiger partial charge on any atom is -0.382 e. The van der Waals surface area contributed by atoms with E-state index in [2.05, 4.69) is 17.5 Å². The molecule has 0 aliphatic carbocycles. The largest absolute Gasteiger partial charge is 0.382 e. The van der Waals surface area contributed by atoms with E-state index in [1.54, 1.807) is 18.9 Å². The Hall–Kier alpha value is 0.130. The maximum Gasteiger partial charge on any atom is 0.151 e. The lowest BCUT2D eigenvalue weighted by molar-refractivity contribution is 0.108. The van der Waals surface area contributed by atoms with Crippen LogP contribution in [0.4, 0.5) is 0 Å². The summed E-state index contributed by atoms with van der Waals surface area (Å²) in [5.74, 6) is 2.13. The SMILES string of the molecule is COC(C)CCCCCSC1=NNCS1. The fourth-order valence-corrected chi connectivity index (χ4v) is 3.08. The molecule has 1 unspecified atom stereocenters. The first kappa shape index (κ1) is 13.2. The second-order valence-corrected chi connectivity index (χ2v) is 5.87. The number of thioether (sulfide) groups is 2. The van der Waals surface area contributed by atoms with Crippen LogP contribution in [0.15, 0.2) is 5.10 Å². The number of ether oxygens (including phenoxy) is 1. The smallest absolute Gasteiger partial charge is 0.151 e. The van der Waals surface area contributed by atoms with Crippen molar-refractivity contribution in [1.29, 1.82) is 0 Å². The maximum absolute atomic E-state index is 5.20. The topological polar surface area (TPSA) is 33.6 Å². The molecule has 1 N–H and O–H groups in total. The quantitative estimate of drug-likeness (QED) is 0.702. The molecule has 15 heavy (non-hydrogen) atoms.